The molecule has 4 N–H and O–H groups in total. The number of anilines is 1. The summed E-state index contributed by atoms with van der Waals surface area (Å²) in [6, 6.07) is 1.56. The predicted molar refractivity (Wildman–Crippen MR) is 80.8 cm³/mol. The maximum Gasteiger partial charge on any atom is 0.252 e. The van der Waals surface area contributed by atoms with Gasteiger partial charge in [-0.3, -0.25) is 14.5 Å². The SMILES string of the molecule is CC(C)N1CCC[C@H]1C(=O)NCCc1nc(N)cc(=O)[nH]1. The number of nitrogens with zero attached hydrogens (tertiary/aromatic N) is 2. The van der Waals surface area contributed by atoms with Crippen LogP contribution in [0.15, 0.2) is 10.9 Å². The first-order valence-electron chi connectivity index (χ1n) is 7.36. The quantitative estimate of drug-likeness (QED) is 0.702. The first-order valence-corrected chi connectivity index (χ1v) is 7.36. The zero-order valence-electron chi connectivity index (χ0n) is 12.6. The Balaban J connectivity index is 1.85. The van der Waals surface area contributed by atoms with Crippen molar-refractivity contribution in [3.63, 3.8) is 0 Å². The lowest BCUT2D eigenvalue weighted by molar-refractivity contribution is -0.126. The minimum atomic E-state index is -0.273. The average Bonchev–Trinajstić information content (AvgIpc) is 2.86. The molecule has 1 saturated heterocycles. The summed E-state index contributed by atoms with van der Waals surface area (Å²) in [5.74, 6) is 0.738. The molecule has 21 heavy (non-hydrogen) atoms. The standard InChI is InChI=1S/C14H23N5O2/c1-9(2)19-7-3-4-10(19)14(21)16-6-5-12-17-11(15)8-13(20)18-12/h8-10H,3-7H2,1-2H3,(H,16,21)(H3,15,17,18,20)/t10-/m0/s1. The minimum absolute atomic E-state index is 0.0437. The number of nitrogens with one attached hydrogen (secondary N) is 2. The minimum Gasteiger partial charge on any atom is -0.383 e. The van der Waals surface area contributed by atoms with Gasteiger partial charge in [0.2, 0.25) is 5.91 Å². The fourth-order valence-electron chi connectivity index (χ4n) is 2.76. The molecule has 0 unspecified atom stereocenters. The van der Waals surface area contributed by atoms with Gasteiger partial charge < -0.3 is 16.0 Å². The van der Waals surface area contributed by atoms with Crippen molar-refractivity contribution in [2.45, 2.75) is 45.2 Å². The molecule has 1 atom stereocenters. The molecule has 116 valence electrons. The van der Waals surface area contributed by atoms with Gasteiger partial charge in [-0.2, -0.15) is 0 Å². The second-order valence-electron chi connectivity index (χ2n) is 5.65. The fourth-order valence-corrected chi connectivity index (χ4v) is 2.76. The van der Waals surface area contributed by atoms with Gasteiger partial charge in [-0.05, 0) is 33.2 Å². The van der Waals surface area contributed by atoms with Crippen molar-refractivity contribution >= 4 is 11.7 Å². The molecule has 0 saturated carbocycles. The van der Waals surface area contributed by atoms with E-state index in [2.05, 4.69) is 34.0 Å². The van der Waals surface area contributed by atoms with Crippen LogP contribution in [0.25, 0.3) is 0 Å². The summed E-state index contributed by atoms with van der Waals surface area (Å²) in [5.41, 5.74) is 5.24. The highest BCUT2D eigenvalue weighted by molar-refractivity contribution is 5.82. The Kier molecular flexibility index (Phi) is 4.95. The van der Waals surface area contributed by atoms with Crippen LogP contribution in [-0.2, 0) is 11.2 Å². The van der Waals surface area contributed by atoms with Crippen molar-refractivity contribution in [2.75, 3.05) is 18.8 Å². The maximum absolute atomic E-state index is 12.2. The van der Waals surface area contributed by atoms with Crippen molar-refractivity contribution in [3.8, 4) is 0 Å². The molecule has 0 radical (unpaired) electrons. The molecule has 0 bridgehead atoms. The van der Waals surface area contributed by atoms with Gasteiger partial charge in [-0.15, -0.1) is 0 Å². The Labute approximate surface area is 123 Å². The van der Waals surface area contributed by atoms with Crippen molar-refractivity contribution in [1.29, 1.82) is 0 Å². The summed E-state index contributed by atoms with van der Waals surface area (Å²) in [5, 5.41) is 2.91. The van der Waals surface area contributed by atoms with Gasteiger partial charge in [0.15, 0.2) is 0 Å². The van der Waals surface area contributed by atoms with Crippen LogP contribution in [-0.4, -0.2) is 45.9 Å². The third-order valence-electron chi connectivity index (χ3n) is 3.73. The van der Waals surface area contributed by atoms with Crippen molar-refractivity contribution < 1.29 is 4.79 Å². The third-order valence-corrected chi connectivity index (χ3v) is 3.73. The number of aromatic amines is 1. The van der Waals surface area contributed by atoms with Crippen LogP contribution in [0.4, 0.5) is 5.82 Å². The number of hydrogen-bond donors (Lipinski definition) is 3. The number of nitrogens with two attached hydrogens (primary N) is 1. The summed E-state index contributed by atoms with van der Waals surface area (Å²) < 4.78 is 0. The predicted octanol–water partition coefficient (Wildman–Crippen LogP) is -0.116. The molecule has 1 fully saturated rings. The Morgan fingerprint density at radius 3 is 3.05 bits per heavy atom. The van der Waals surface area contributed by atoms with E-state index in [9.17, 15) is 9.59 Å². The van der Waals surface area contributed by atoms with Gasteiger partial charge in [0.25, 0.3) is 5.56 Å². The molecule has 1 aromatic heterocycles. The second kappa shape index (κ2) is 6.71. The molecule has 2 rings (SSSR count). The molecular weight excluding hydrogens is 270 g/mol. The van der Waals surface area contributed by atoms with Crippen molar-refractivity contribution in [2.24, 2.45) is 0 Å². The summed E-state index contributed by atoms with van der Waals surface area (Å²) >= 11 is 0. The number of carbonyl (C=O) groups is 1. The lowest BCUT2D eigenvalue weighted by Gasteiger charge is -2.27. The van der Waals surface area contributed by atoms with Crippen LogP contribution in [0.1, 0.15) is 32.5 Å². The molecule has 0 aliphatic carbocycles. The number of rotatable bonds is 5. The highest BCUT2D eigenvalue weighted by Gasteiger charge is 2.31. The van der Waals surface area contributed by atoms with Crippen LogP contribution in [0, 0.1) is 0 Å². The van der Waals surface area contributed by atoms with Gasteiger partial charge in [0.1, 0.15) is 11.6 Å². The molecule has 7 nitrogen and oxygen atoms in total. The zero-order valence-corrected chi connectivity index (χ0v) is 12.6. The molecular formula is C14H23N5O2. The first kappa shape index (κ1) is 15.5. The number of H-pyrrole nitrogens is 1. The van der Waals surface area contributed by atoms with Gasteiger partial charge in [-0.1, -0.05) is 0 Å². The zero-order chi connectivity index (χ0) is 15.4. The number of carbonyl (C=O) groups excluding carboxylic acids is 1. The molecule has 1 aromatic rings. The van der Waals surface area contributed by atoms with E-state index in [1.807, 2.05) is 0 Å². The van der Waals surface area contributed by atoms with Gasteiger partial charge in [-0.25, -0.2) is 4.98 Å². The van der Waals surface area contributed by atoms with Crippen molar-refractivity contribution in [1.82, 2.24) is 20.2 Å². The lowest BCUT2D eigenvalue weighted by atomic mass is 10.2. The Bertz CT molecular complexity index is 555. The van der Waals surface area contributed by atoms with E-state index in [0.29, 0.717) is 24.8 Å². The smallest absolute Gasteiger partial charge is 0.252 e. The highest BCUT2D eigenvalue weighted by atomic mass is 16.2. The second-order valence-corrected chi connectivity index (χ2v) is 5.65. The van der Waals surface area contributed by atoms with Crippen molar-refractivity contribution in [3.05, 3.63) is 22.2 Å². The summed E-state index contributed by atoms with van der Waals surface area (Å²) in [6.07, 6.45) is 2.41. The van der Waals surface area contributed by atoms with Crippen LogP contribution in [0.2, 0.25) is 0 Å². The van der Waals surface area contributed by atoms with E-state index in [0.717, 1.165) is 19.4 Å². The van der Waals surface area contributed by atoms with Crippen LogP contribution in [0.3, 0.4) is 0 Å². The molecule has 1 aliphatic rings. The molecule has 0 aromatic carbocycles. The Morgan fingerprint density at radius 2 is 2.38 bits per heavy atom. The van der Waals surface area contributed by atoms with E-state index in [4.69, 9.17) is 5.73 Å². The average molecular weight is 293 g/mol. The number of amides is 1. The normalized spacial score (nSPS) is 19.1. The van der Waals surface area contributed by atoms with E-state index < -0.39 is 0 Å². The summed E-state index contributed by atoms with van der Waals surface area (Å²) in [6.45, 7) is 5.62. The number of hydrogen-bond acceptors (Lipinski definition) is 5. The number of aromatic nitrogens is 2. The van der Waals surface area contributed by atoms with E-state index in [1.54, 1.807) is 0 Å². The van der Waals surface area contributed by atoms with E-state index in [1.165, 1.54) is 6.07 Å². The highest BCUT2D eigenvalue weighted by Crippen LogP contribution is 2.19. The monoisotopic (exact) mass is 293 g/mol. The Hall–Kier alpha value is -1.89. The molecule has 1 aliphatic heterocycles. The molecule has 1 amide bonds. The third kappa shape index (κ3) is 4.04. The summed E-state index contributed by atoms with van der Waals surface area (Å²) in [7, 11) is 0. The lowest BCUT2D eigenvalue weighted by Crippen LogP contribution is -2.46. The molecule has 7 heteroatoms. The number of likely N-dealkylation sites (tertiary alicyclic amines) is 1. The maximum atomic E-state index is 12.2. The largest absolute Gasteiger partial charge is 0.383 e. The van der Waals surface area contributed by atoms with Gasteiger partial charge in [0, 0.05) is 25.1 Å². The van der Waals surface area contributed by atoms with Crippen LogP contribution >= 0.6 is 0 Å². The number of nitrogen functional groups attached to an aromatic ring is 1. The van der Waals surface area contributed by atoms with Crippen LogP contribution in [0.5, 0.6) is 0 Å². The molecule has 0 spiro atoms. The summed E-state index contributed by atoms with van der Waals surface area (Å²) in [4.78, 5) is 32.3. The topological polar surface area (TPSA) is 104 Å². The van der Waals surface area contributed by atoms with Gasteiger partial charge in [0.05, 0.1) is 6.04 Å². The first-order chi connectivity index (χ1) is 9.97. The van der Waals surface area contributed by atoms with E-state index in [-0.39, 0.29) is 23.3 Å². The molecule has 2 heterocycles. The van der Waals surface area contributed by atoms with Crippen LogP contribution < -0.4 is 16.6 Å². The van der Waals surface area contributed by atoms with E-state index >= 15 is 0 Å². The Morgan fingerprint density at radius 1 is 1.62 bits per heavy atom. The van der Waals surface area contributed by atoms with Gasteiger partial charge >= 0.3 is 0 Å². The fraction of sp³-hybridized carbons (Fsp3) is 0.643.